The Bertz CT molecular complexity index is 766. The van der Waals surface area contributed by atoms with E-state index in [9.17, 15) is 13.2 Å². The van der Waals surface area contributed by atoms with Crippen LogP contribution in [0.3, 0.4) is 0 Å². The van der Waals surface area contributed by atoms with Gasteiger partial charge in [0.2, 0.25) is 10.0 Å². The van der Waals surface area contributed by atoms with Gasteiger partial charge in [-0.3, -0.25) is 4.79 Å². The number of carbonyl (C=O) groups is 1. The molecule has 0 aromatic heterocycles. The van der Waals surface area contributed by atoms with Crippen LogP contribution in [-0.4, -0.2) is 70.4 Å². The standard InChI is InChI=1S/C18H27N3O4S.ClH/c1-19-12-14-7-10-20(13-14)18(22)15-5-6-16(25-2)17(11-15)26(23,24)21-8-3-4-9-21;/h5-6,11,14,19H,3-4,7-10,12-13H2,1-2H3;1H. The van der Waals surface area contributed by atoms with Crippen LogP contribution in [-0.2, 0) is 10.0 Å². The summed E-state index contributed by atoms with van der Waals surface area (Å²) in [7, 11) is -0.300. The highest BCUT2D eigenvalue weighted by molar-refractivity contribution is 7.89. The number of benzene rings is 1. The monoisotopic (exact) mass is 417 g/mol. The van der Waals surface area contributed by atoms with Crippen LogP contribution >= 0.6 is 12.4 Å². The van der Waals surface area contributed by atoms with Gasteiger partial charge in [0.1, 0.15) is 10.6 Å². The highest BCUT2D eigenvalue weighted by Gasteiger charge is 2.32. The number of rotatable bonds is 6. The average molecular weight is 418 g/mol. The minimum absolute atomic E-state index is 0. The van der Waals surface area contributed by atoms with Crippen molar-refractivity contribution in [2.75, 3.05) is 46.9 Å². The Labute approximate surface area is 167 Å². The highest BCUT2D eigenvalue weighted by atomic mass is 35.5. The van der Waals surface area contributed by atoms with Crippen molar-refractivity contribution in [3.63, 3.8) is 0 Å². The predicted molar refractivity (Wildman–Crippen MR) is 106 cm³/mol. The molecule has 2 saturated heterocycles. The molecule has 2 aliphatic rings. The Morgan fingerprint density at radius 3 is 2.59 bits per heavy atom. The third-order valence-electron chi connectivity index (χ3n) is 5.16. The van der Waals surface area contributed by atoms with Crippen LogP contribution in [0.2, 0.25) is 0 Å². The van der Waals surface area contributed by atoms with Gasteiger partial charge in [-0.25, -0.2) is 8.42 Å². The second kappa shape index (κ2) is 9.23. The van der Waals surface area contributed by atoms with E-state index in [0.717, 1.165) is 25.8 Å². The molecule has 1 unspecified atom stereocenters. The van der Waals surface area contributed by atoms with E-state index in [0.29, 0.717) is 37.7 Å². The van der Waals surface area contributed by atoms with Crippen molar-refractivity contribution in [3.8, 4) is 5.75 Å². The first-order valence-electron chi connectivity index (χ1n) is 9.09. The summed E-state index contributed by atoms with van der Waals surface area (Å²) < 4.78 is 32.7. The molecule has 1 aromatic rings. The van der Waals surface area contributed by atoms with Gasteiger partial charge in [-0.05, 0) is 57.0 Å². The lowest BCUT2D eigenvalue weighted by Gasteiger charge is -2.20. The summed E-state index contributed by atoms with van der Waals surface area (Å²) in [5.74, 6) is 0.599. The molecule has 9 heteroatoms. The molecule has 7 nitrogen and oxygen atoms in total. The third kappa shape index (κ3) is 4.56. The van der Waals surface area contributed by atoms with Crippen molar-refractivity contribution in [1.82, 2.24) is 14.5 Å². The van der Waals surface area contributed by atoms with E-state index in [2.05, 4.69) is 5.32 Å². The molecule has 0 aliphatic carbocycles. The number of hydrogen-bond acceptors (Lipinski definition) is 5. The van der Waals surface area contributed by atoms with E-state index < -0.39 is 10.0 Å². The number of carbonyl (C=O) groups excluding carboxylic acids is 1. The van der Waals surface area contributed by atoms with Crippen LogP contribution in [0.4, 0.5) is 0 Å². The zero-order valence-corrected chi connectivity index (χ0v) is 17.4. The fraction of sp³-hybridized carbons (Fsp3) is 0.611. The summed E-state index contributed by atoms with van der Waals surface area (Å²) in [5.41, 5.74) is 0.397. The van der Waals surface area contributed by atoms with Crippen molar-refractivity contribution < 1.29 is 17.9 Å². The molecule has 1 aromatic carbocycles. The SMILES string of the molecule is CNCC1CCN(C(=O)c2ccc(OC)c(S(=O)(=O)N3CCCC3)c2)C1.Cl. The average Bonchev–Trinajstić information content (AvgIpc) is 3.33. The number of hydrogen-bond donors (Lipinski definition) is 1. The minimum atomic E-state index is -3.65. The summed E-state index contributed by atoms with van der Waals surface area (Å²) in [6.45, 7) is 3.30. The second-order valence-electron chi connectivity index (χ2n) is 6.94. The Morgan fingerprint density at radius 1 is 1.26 bits per heavy atom. The number of methoxy groups -OCH3 is 1. The largest absolute Gasteiger partial charge is 0.495 e. The summed E-state index contributed by atoms with van der Waals surface area (Å²) in [5, 5.41) is 3.14. The molecule has 1 amide bonds. The first-order chi connectivity index (χ1) is 12.5. The molecule has 2 heterocycles. The molecule has 2 fully saturated rings. The lowest BCUT2D eigenvalue weighted by atomic mass is 10.1. The maximum Gasteiger partial charge on any atom is 0.253 e. The van der Waals surface area contributed by atoms with Gasteiger partial charge in [0.25, 0.3) is 5.91 Å². The fourth-order valence-electron chi connectivity index (χ4n) is 3.73. The van der Waals surface area contributed by atoms with Gasteiger partial charge in [-0.2, -0.15) is 4.31 Å². The maximum atomic E-state index is 13.0. The molecule has 1 N–H and O–H groups in total. The van der Waals surface area contributed by atoms with Gasteiger partial charge < -0.3 is 15.0 Å². The Kier molecular flexibility index (Phi) is 7.50. The first kappa shape index (κ1) is 21.9. The smallest absolute Gasteiger partial charge is 0.253 e. The number of nitrogens with one attached hydrogen (secondary N) is 1. The van der Waals surface area contributed by atoms with E-state index in [4.69, 9.17) is 4.74 Å². The van der Waals surface area contributed by atoms with Gasteiger partial charge >= 0.3 is 0 Å². The molecule has 0 spiro atoms. The third-order valence-corrected chi connectivity index (χ3v) is 7.08. The topological polar surface area (TPSA) is 79.0 Å². The molecular weight excluding hydrogens is 390 g/mol. The summed E-state index contributed by atoms with van der Waals surface area (Å²) in [6, 6.07) is 4.70. The van der Waals surface area contributed by atoms with Crippen molar-refractivity contribution in [1.29, 1.82) is 0 Å². The predicted octanol–water partition coefficient (Wildman–Crippen LogP) is 1.58. The number of ether oxygens (including phenoxy) is 1. The zero-order chi connectivity index (χ0) is 18.7. The number of amides is 1. The van der Waals surface area contributed by atoms with Gasteiger partial charge in [-0.15, -0.1) is 12.4 Å². The summed E-state index contributed by atoms with van der Waals surface area (Å²) in [6.07, 6.45) is 2.68. The van der Waals surface area contributed by atoms with Gasteiger partial charge in [0, 0.05) is 31.7 Å². The van der Waals surface area contributed by atoms with Crippen molar-refractivity contribution in [3.05, 3.63) is 23.8 Å². The molecule has 27 heavy (non-hydrogen) atoms. The number of halogens is 1. The quantitative estimate of drug-likeness (QED) is 0.760. The van der Waals surface area contributed by atoms with Gasteiger partial charge in [0.05, 0.1) is 7.11 Å². The fourth-order valence-corrected chi connectivity index (χ4v) is 5.43. The van der Waals surface area contributed by atoms with Crippen LogP contribution in [0.5, 0.6) is 5.75 Å². The maximum absolute atomic E-state index is 13.0. The Hall–Kier alpha value is -1.35. The van der Waals surface area contributed by atoms with Gasteiger partial charge in [0.15, 0.2) is 0 Å². The molecule has 152 valence electrons. The number of nitrogens with zero attached hydrogens (tertiary/aromatic N) is 2. The van der Waals surface area contributed by atoms with E-state index in [1.54, 1.807) is 17.0 Å². The minimum Gasteiger partial charge on any atom is -0.495 e. The highest BCUT2D eigenvalue weighted by Crippen LogP contribution is 2.30. The molecule has 0 radical (unpaired) electrons. The van der Waals surface area contributed by atoms with Crippen LogP contribution in [0.15, 0.2) is 23.1 Å². The molecule has 3 rings (SSSR count). The summed E-state index contributed by atoms with van der Waals surface area (Å²) in [4.78, 5) is 14.7. The number of likely N-dealkylation sites (tertiary alicyclic amines) is 1. The summed E-state index contributed by atoms with van der Waals surface area (Å²) >= 11 is 0. The zero-order valence-electron chi connectivity index (χ0n) is 15.8. The van der Waals surface area contributed by atoms with E-state index in [1.165, 1.54) is 17.5 Å². The Morgan fingerprint density at radius 2 is 1.96 bits per heavy atom. The lowest BCUT2D eigenvalue weighted by molar-refractivity contribution is 0.0787. The van der Waals surface area contributed by atoms with Crippen LogP contribution in [0.1, 0.15) is 29.6 Å². The first-order valence-corrected chi connectivity index (χ1v) is 10.5. The van der Waals surface area contributed by atoms with E-state index >= 15 is 0 Å². The molecular formula is C18H28ClN3O4S. The molecule has 2 aliphatic heterocycles. The van der Waals surface area contributed by atoms with E-state index in [1.807, 2.05) is 7.05 Å². The van der Waals surface area contributed by atoms with Crippen LogP contribution in [0.25, 0.3) is 0 Å². The van der Waals surface area contributed by atoms with E-state index in [-0.39, 0.29) is 29.0 Å². The van der Waals surface area contributed by atoms with Crippen LogP contribution < -0.4 is 10.1 Å². The Balaban J connectivity index is 0.00000261. The molecule has 1 atom stereocenters. The van der Waals surface area contributed by atoms with Gasteiger partial charge in [-0.1, -0.05) is 0 Å². The second-order valence-corrected chi connectivity index (χ2v) is 8.85. The molecule has 0 saturated carbocycles. The molecule has 0 bridgehead atoms. The van der Waals surface area contributed by atoms with Crippen molar-refractivity contribution >= 4 is 28.3 Å². The number of sulfonamides is 1. The normalized spacial score (nSPS) is 20.5. The van der Waals surface area contributed by atoms with Crippen molar-refractivity contribution in [2.24, 2.45) is 5.92 Å². The van der Waals surface area contributed by atoms with Crippen LogP contribution in [0, 0.1) is 5.92 Å². The van der Waals surface area contributed by atoms with Crippen molar-refractivity contribution in [2.45, 2.75) is 24.2 Å². The lowest BCUT2D eigenvalue weighted by Crippen LogP contribution is -2.31.